The van der Waals surface area contributed by atoms with Crippen molar-refractivity contribution in [3.63, 3.8) is 0 Å². The summed E-state index contributed by atoms with van der Waals surface area (Å²) in [7, 11) is 0. The van der Waals surface area contributed by atoms with Crippen molar-refractivity contribution >= 4 is 28.5 Å². The highest BCUT2D eigenvalue weighted by atomic mass is 19.1. The highest BCUT2D eigenvalue weighted by Gasteiger charge is 2.25. The van der Waals surface area contributed by atoms with Gasteiger partial charge in [0, 0.05) is 37.4 Å². The summed E-state index contributed by atoms with van der Waals surface area (Å²) >= 11 is 0. The van der Waals surface area contributed by atoms with Gasteiger partial charge in [-0.15, -0.1) is 5.10 Å². The molecule has 0 bridgehead atoms. The van der Waals surface area contributed by atoms with Gasteiger partial charge in [-0.1, -0.05) is 30.3 Å². The van der Waals surface area contributed by atoms with E-state index >= 15 is 4.39 Å². The smallest absolute Gasteiger partial charge is 0.228 e. The average Bonchev–Trinajstić information content (AvgIpc) is 3.26. The second kappa shape index (κ2) is 9.41. The van der Waals surface area contributed by atoms with Crippen LogP contribution in [0.25, 0.3) is 28.0 Å². The van der Waals surface area contributed by atoms with E-state index < -0.39 is 11.6 Å². The number of anilines is 3. The van der Waals surface area contributed by atoms with Crippen LogP contribution in [-0.4, -0.2) is 45.9 Å². The molecule has 0 unspecified atom stereocenters. The lowest BCUT2D eigenvalue weighted by Gasteiger charge is -2.37. The first-order valence-corrected chi connectivity index (χ1v) is 12.5. The van der Waals surface area contributed by atoms with Crippen molar-refractivity contribution in [3.05, 3.63) is 89.5 Å². The van der Waals surface area contributed by atoms with Crippen molar-refractivity contribution in [2.24, 2.45) is 0 Å². The van der Waals surface area contributed by atoms with Crippen LogP contribution in [0.5, 0.6) is 0 Å². The molecule has 0 atom stereocenters. The zero-order valence-corrected chi connectivity index (χ0v) is 21.2. The van der Waals surface area contributed by atoms with Gasteiger partial charge in [-0.2, -0.15) is 4.98 Å². The predicted molar refractivity (Wildman–Crippen MR) is 147 cm³/mol. The van der Waals surface area contributed by atoms with E-state index in [0.717, 1.165) is 13.1 Å². The summed E-state index contributed by atoms with van der Waals surface area (Å²) in [5.74, 6) is -0.157. The molecule has 0 amide bonds. The van der Waals surface area contributed by atoms with Gasteiger partial charge < -0.3 is 15.5 Å². The molecule has 0 spiro atoms. The summed E-state index contributed by atoms with van der Waals surface area (Å²) in [6.45, 7) is 7.23. The molecular formula is C29H27F2N7. The molecule has 5 aromatic rings. The minimum Gasteiger partial charge on any atom is -0.383 e. The standard InChI is InChI=1S/C29H27F2N7/c1-18-7-5-12-24(19(18)2)36-13-15-37(16-14-36)29-33-26(22-10-3-4-11-23(22)31)25-27(32)38(35-28(25)34-29)21-9-6-8-20(30)17-21/h3-12,17H,13-16,32H2,1-2H3. The number of aromatic nitrogens is 4. The van der Waals surface area contributed by atoms with Gasteiger partial charge in [-0.05, 0) is 61.4 Å². The molecule has 1 aliphatic heterocycles. The van der Waals surface area contributed by atoms with Gasteiger partial charge in [0.2, 0.25) is 5.95 Å². The molecule has 1 fully saturated rings. The molecule has 3 aromatic carbocycles. The summed E-state index contributed by atoms with van der Waals surface area (Å²) in [6.07, 6.45) is 0. The van der Waals surface area contributed by atoms with Gasteiger partial charge >= 0.3 is 0 Å². The van der Waals surface area contributed by atoms with Crippen LogP contribution in [0.1, 0.15) is 11.1 Å². The van der Waals surface area contributed by atoms with Gasteiger partial charge in [0.25, 0.3) is 0 Å². The Morgan fingerprint density at radius 3 is 2.32 bits per heavy atom. The number of nitrogen functional groups attached to an aromatic ring is 1. The minimum absolute atomic E-state index is 0.218. The minimum atomic E-state index is -0.420. The van der Waals surface area contributed by atoms with E-state index in [1.165, 1.54) is 39.7 Å². The monoisotopic (exact) mass is 511 g/mol. The third-order valence-electron chi connectivity index (χ3n) is 7.22. The van der Waals surface area contributed by atoms with Crippen molar-refractivity contribution < 1.29 is 8.78 Å². The Hall–Kier alpha value is -4.53. The first kappa shape index (κ1) is 23.8. The number of nitrogens with zero attached hydrogens (tertiary/aromatic N) is 6. The first-order valence-electron chi connectivity index (χ1n) is 12.5. The van der Waals surface area contributed by atoms with E-state index in [0.29, 0.717) is 47.0 Å². The largest absolute Gasteiger partial charge is 0.383 e. The van der Waals surface area contributed by atoms with Crippen LogP contribution in [0, 0.1) is 25.5 Å². The Balaban J connectivity index is 1.42. The van der Waals surface area contributed by atoms with Crippen molar-refractivity contribution in [2.45, 2.75) is 13.8 Å². The fourth-order valence-corrected chi connectivity index (χ4v) is 5.02. The van der Waals surface area contributed by atoms with Crippen molar-refractivity contribution in [1.82, 2.24) is 19.7 Å². The van der Waals surface area contributed by atoms with Gasteiger partial charge in [-0.25, -0.2) is 18.4 Å². The van der Waals surface area contributed by atoms with Gasteiger partial charge in [-0.3, -0.25) is 0 Å². The Bertz CT molecular complexity index is 1650. The van der Waals surface area contributed by atoms with E-state index in [-0.39, 0.29) is 5.82 Å². The second-order valence-corrected chi connectivity index (χ2v) is 9.52. The Morgan fingerprint density at radius 2 is 1.55 bits per heavy atom. The Morgan fingerprint density at radius 1 is 0.816 bits per heavy atom. The lowest BCUT2D eigenvalue weighted by Crippen LogP contribution is -2.47. The highest BCUT2D eigenvalue weighted by Crippen LogP contribution is 2.35. The highest BCUT2D eigenvalue weighted by molar-refractivity contribution is 5.99. The van der Waals surface area contributed by atoms with Gasteiger partial charge in [0.1, 0.15) is 17.5 Å². The number of halogens is 2. The number of nitrogens with two attached hydrogens (primary N) is 1. The van der Waals surface area contributed by atoms with E-state index in [1.807, 2.05) is 0 Å². The van der Waals surface area contributed by atoms with Gasteiger partial charge in [0.05, 0.1) is 16.8 Å². The summed E-state index contributed by atoms with van der Waals surface area (Å²) < 4.78 is 30.4. The number of fused-ring (bicyclic) bond motifs is 1. The Labute approximate surface area is 219 Å². The zero-order chi connectivity index (χ0) is 26.4. The molecule has 3 heterocycles. The van der Waals surface area contributed by atoms with Crippen molar-refractivity contribution in [3.8, 4) is 16.9 Å². The van der Waals surface area contributed by atoms with E-state index in [1.54, 1.807) is 30.3 Å². The van der Waals surface area contributed by atoms with E-state index in [9.17, 15) is 4.39 Å². The van der Waals surface area contributed by atoms with Crippen LogP contribution < -0.4 is 15.5 Å². The fraction of sp³-hybridized carbons (Fsp3) is 0.207. The normalized spacial score (nSPS) is 13.9. The first-order chi connectivity index (χ1) is 18.4. The molecule has 2 aromatic heterocycles. The molecule has 192 valence electrons. The van der Waals surface area contributed by atoms with Gasteiger partial charge in [0.15, 0.2) is 5.65 Å². The third-order valence-corrected chi connectivity index (χ3v) is 7.22. The molecule has 1 aliphatic rings. The molecule has 6 rings (SSSR count). The Kier molecular flexibility index (Phi) is 5.90. The summed E-state index contributed by atoms with van der Waals surface area (Å²) in [6, 6.07) is 18.8. The maximum atomic E-state index is 15.0. The molecule has 38 heavy (non-hydrogen) atoms. The van der Waals surface area contributed by atoms with Crippen LogP contribution in [0.2, 0.25) is 0 Å². The molecule has 0 saturated carbocycles. The maximum absolute atomic E-state index is 15.0. The lowest BCUT2D eigenvalue weighted by molar-refractivity contribution is 0.625. The predicted octanol–water partition coefficient (Wildman–Crippen LogP) is 5.29. The number of rotatable bonds is 4. The summed E-state index contributed by atoms with van der Waals surface area (Å²) in [5.41, 5.74) is 11.7. The quantitative estimate of drug-likeness (QED) is 0.354. The molecule has 0 aliphatic carbocycles. The second-order valence-electron chi connectivity index (χ2n) is 9.52. The topological polar surface area (TPSA) is 76.1 Å². The number of benzene rings is 3. The SMILES string of the molecule is Cc1cccc(N2CCN(c3nc(-c4ccccc4F)c4c(N)n(-c5cccc(F)c5)nc4n3)CC2)c1C. The van der Waals surface area contributed by atoms with Crippen LogP contribution in [0.4, 0.5) is 26.2 Å². The molecule has 7 nitrogen and oxygen atoms in total. The summed E-state index contributed by atoms with van der Waals surface area (Å²) in [5, 5.41) is 5.02. The van der Waals surface area contributed by atoms with Crippen LogP contribution in [-0.2, 0) is 0 Å². The van der Waals surface area contributed by atoms with E-state index in [4.69, 9.17) is 15.7 Å². The van der Waals surface area contributed by atoms with E-state index in [2.05, 4.69) is 46.9 Å². The van der Waals surface area contributed by atoms with Crippen molar-refractivity contribution in [2.75, 3.05) is 41.7 Å². The number of hydrogen-bond donors (Lipinski definition) is 1. The van der Waals surface area contributed by atoms with Crippen LogP contribution in [0.15, 0.2) is 66.7 Å². The van der Waals surface area contributed by atoms with Crippen LogP contribution in [0.3, 0.4) is 0 Å². The van der Waals surface area contributed by atoms with Crippen LogP contribution >= 0.6 is 0 Å². The molecule has 1 saturated heterocycles. The number of piperazine rings is 1. The number of aryl methyl sites for hydroxylation is 1. The lowest BCUT2D eigenvalue weighted by atomic mass is 10.1. The molecule has 0 radical (unpaired) electrons. The molecule has 9 heteroatoms. The fourth-order valence-electron chi connectivity index (χ4n) is 5.02. The number of hydrogen-bond acceptors (Lipinski definition) is 6. The zero-order valence-electron chi connectivity index (χ0n) is 21.2. The average molecular weight is 512 g/mol. The summed E-state index contributed by atoms with van der Waals surface area (Å²) in [4.78, 5) is 14.0. The molecule has 2 N–H and O–H groups in total. The molecular weight excluding hydrogens is 484 g/mol. The van der Waals surface area contributed by atoms with Crippen molar-refractivity contribution in [1.29, 1.82) is 0 Å². The third kappa shape index (κ3) is 4.09. The maximum Gasteiger partial charge on any atom is 0.228 e.